The molecule has 20 heavy (non-hydrogen) atoms. The maximum absolute atomic E-state index is 12.0. The Kier molecular flexibility index (Phi) is 3.70. The number of hydrogen-bond donors (Lipinski definition) is 0. The molecule has 3 rings (SSSR count). The molecule has 0 aliphatic carbocycles. The number of ketones is 1. The Morgan fingerprint density at radius 3 is 2.95 bits per heavy atom. The second-order valence-corrected chi connectivity index (χ2v) is 6.19. The molecule has 1 aromatic carbocycles. The minimum Gasteiger partial charge on any atom is -0.460 e. The van der Waals surface area contributed by atoms with Gasteiger partial charge >= 0.3 is 5.97 Å². The molecule has 2 unspecified atom stereocenters. The number of alkyl halides is 1. The number of carbonyl (C=O) groups excluding carboxylic acids is 2. The summed E-state index contributed by atoms with van der Waals surface area (Å²) in [6.45, 7) is 2.40. The number of Topliss-reactive ketones (excluding diaryl/α,β-unsaturated/α-hetero) is 1. The van der Waals surface area contributed by atoms with Crippen LogP contribution >= 0.6 is 22.6 Å². The van der Waals surface area contributed by atoms with Gasteiger partial charge in [0.2, 0.25) is 0 Å². The third-order valence-electron chi connectivity index (χ3n) is 4.01. The second-order valence-electron chi connectivity index (χ2n) is 5.31. The van der Waals surface area contributed by atoms with E-state index in [2.05, 4.69) is 27.5 Å². The smallest absolute Gasteiger partial charge is 0.329 e. The maximum Gasteiger partial charge on any atom is 0.329 e. The zero-order valence-electron chi connectivity index (χ0n) is 11.3. The van der Waals surface area contributed by atoms with Gasteiger partial charge in [-0.1, -0.05) is 22.6 Å². The summed E-state index contributed by atoms with van der Waals surface area (Å²) < 4.78 is 6.21. The molecule has 1 aromatic rings. The minimum absolute atomic E-state index is 0.0358. The normalized spacial score (nSPS) is 24.7. The van der Waals surface area contributed by atoms with Gasteiger partial charge < -0.3 is 9.64 Å². The van der Waals surface area contributed by atoms with E-state index >= 15 is 0 Å². The highest BCUT2D eigenvalue weighted by atomic mass is 127. The zero-order valence-corrected chi connectivity index (χ0v) is 13.4. The monoisotopic (exact) mass is 385 g/mol. The van der Waals surface area contributed by atoms with Crippen molar-refractivity contribution in [3.05, 3.63) is 29.3 Å². The number of benzene rings is 1. The van der Waals surface area contributed by atoms with E-state index in [1.54, 1.807) is 6.92 Å². The molecule has 0 aromatic heterocycles. The molecule has 2 aliphatic heterocycles. The number of rotatable bonds is 3. The summed E-state index contributed by atoms with van der Waals surface area (Å²) in [6.07, 6.45) is 1.68. The summed E-state index contributed by atoms with van der Waals surface area (Å²) in [5.74, 6) is -0.0355. The van der Waals surface area contributed by atoms with Gasteiger partial charge in [-0.3, -0.25) is 4.79 Å². The van der Waals surface area contributed by atoms with Gasteiger partial charge in [0, 0.05) is 28.6 Å². The molecule has 0 saturated carbocycles. The first-order chi connectivity index (χ1) is 9.60. The predicted octanol–water partition coefficient (Wildman–Crippen LogP) is 2.37. The number of hydrogen-bond acceptors (Lipinski definition) is 4. The van der Waals surface area contributed by atoms with Crippen LogP contribution in [0.3, 0.4) is 0 Å². The summed E-state index contributed by atoms with van der Waals surface area (Å²) in [4.78, 5) is 25.6. The predicted molar refractivity (Wildman–Crippen MR) is 84.7 cm³/mol. The van der Waals surface area contributed by atoms with Crippen molar-refractivity contribution in [2.24, 2.45) is 0 Å². The molecule has 2 heterocycles. The van der Waals surface area contributed by atoms with E-state index in [0.29, 0.717) is 0 Å². The highest BCUT2D eigenvalue weighted by molar-refractivity contribution is 14.1. The molecule has 0 N–H and O–H groups in total. The number of nitrogens with zero attached hydrogens (tertiary/aromatic N) is 1. The van der Waals surface area contributed by atoms with Gasteiger partial charge in [0.25, 0.3) is 0 Å². The molecule has 0 bridgehead atoms. The topological polar surface area (TPSA) is 46.6 Å². The Morgan fingerprint density at radius 2 is 2.30 bits per heavy atom. The lowest BCUT2D eigenvalue weighted by Gasteiger charge is -2.23. The number of fused-ring (bicyclic) bond motifs is 1. The average molecular weight is 385 g/mol. The fourth-order valence-electron chi connectivity index (χ4n) is 2.96. The van der Waals surface area contributed by atoms with Gasteiger partial charge in [0.05, 0.1) is 0 Å². The number of halogens is 1. The summed E-state index contributed by atoms with van der Waals surface area (Å²) in [5, 5.41) is 0. The van der Waals surface area contributed by atoms with Gasteiger partial charge in [-0.2, -0.15) is 0 Å². The zero-order chi connectivity index (χ0) is 14.3. The van der Waals surface area contributed by atoms with Gasteiger partial charge in [-0.25, -0.2) is 4.79 Å². The van der Waals surface area contributed by atoms with Crippen molar-refractivity contribution in [3.63, 3.8) is 0 Å². The van der Waals surface area contributed by atoms with Crippen molar-refractivity contribution in [1.29, 1.82) is 0 Å². The van der Waals surface area contributed by atoms with Crippen LogP contribution in [0.4, 0.5) is 5.69 Å². The van der Waals surface area contributed by atoms with Gasteiger partial charge in [0.1, 0.15) is 12.1 Å². The molecular weight excluding hydrogens is 369 g/mol. The Labute approximate surface area is 131 Å². The van der Waals surface area contributed by atoms with E-state index in [1.165, 1.54) is 0 Å². The lowest BCUT2D eigenvalue weighted by Crippen LogP contribution is -2.37. The first kappa shape index (κ1) is 13.9. The molecule has 0 radical (unpaired) electrons. The van der Waals surface area contributed by atoms with E-state index in [4.69, 9.17) is 4.74 Å². The van der Waals surface area contributed by atoms with Crippen molar-refractivity contribution in [1.82, 2.24) is 0 Å². The summed E-state index contributed by atoms with van der Waals surface area (Å²) in [5.41, 5.74) is 2.97. The standard InChI is InChI=1S/C15H16INO3/c1-9(18)10-2-3-13-11(6-10)4-5-17(13)14-7-12(8-16)20-15(14)19/h2-3,6,12,14H,4-5,7-8H2,1H3. The van der Waals surface area contributed by atoms with Crippen LogP contribution < -0.4 is 4.90 Å². The number of ether oxygens (including phenoxy) is 1. The fourth-order valence-corrected chi connectivity index (χ4v) is 3.49. The van der Waals surface area contributed by atoms with Gasteiger partial charge in [-0.15, -0.1) is 0 Å². The van der Waals surface area contributed by atoms with Crippen molar-refractivity contribution < 1.29 is 14.3 Å². The van der Waals surface area contributed by atoms with Crippen LogP contribution in [0.25, 0.3) is 0 Å². The fraction of sp³-hybridized carbons (Fsp3) is 0.467. The third-order valence-corrected chi connectivity index (χ3v) is 4.99. The molecule has 106 valence electrons. The summed E-state index contributed by atoms with van der Waals surface area (Å²) in [6, 6.07) is 5.59. The van der Waals surface area contributed by atoms with Crippen LogP contribution in [0, 0.1) is 0 Å². The number of carbonyl (C=O) groups is 2. The molecule has 5 heteroatoms. The molecule has 2 atom stereocenters. The number of esters is 1. The van der Waals surface area contributed by atoms with Crippen LogP contribution in [0.5, 0.6) is 0 Å². The van der Waals surface area contributed by atoms with Crippen molar-refractivity contribution in [3.8, 4) is 0 Å². The number of anilines is 1. The SMILES string of the molecule is CC(=O)c1ccc2c(c1)CCN2C1CC(CI)OC1=O. The van der Waals surface area contributed by atoms with Crippen molar-refractivity contribution in [2.45, 2.75) is 31.9 Å². The number of cyclic esters (lactones) is 1. The Bertz CT molecular complexity index is 572. The molecule has 0 spiro atoms. The molecule has 1 saturated heterocycles. The van der Waals surface area contributed by atoms with Gasteiger partial charge in [0.15, 0.2) is 5.78 Å². The highest BCUT2D eigenvalue weighted by Crippen LogP contribution is 2.34. The summed E-state index contributed by atoms with van der Waals surface area (Å²) >= 11 is 2.25. The first-order valence-corrected chi connectivity index (χ1v) is 8.29. The lowest BCUT2D eigenvalue weighted by molar-refractivity contribution is -0.141. The third kappa shape index (κ3) is 2.32. The van der Waals surface area contributed by atoms with E-state index in [9.17, 15) is 9.59 Å². The second kappa shape index (κ2) is 5.35. The maximum atomic E-state index is 12.0. The van der Waals surface area contributed by atoms with E-state index in [-0.39, 0.29) is 23.9 Å². The largest absolute Gasteiger partial charge is 0.460 e. The molecule has 1 fully saturated rings. The lowest BCUT2D eigenvalue weighted by atomic mass is 10.1. The van der Waals surface area contributed by atoms with E-state index in [0.717, 1.165) is 40.6 Å². The Balaban J connectivity index is 1.86. The van der Waals surface area contributed by atoms with Gasteiger partial charge in [-0.05, 0) is 37.1 Å². The van der Waals surface area contributed by atoms with Crippen LogP contribution in [-0.4, -0.2) is 34.9 Å². The molecular formula is C15H16INO3. The summed E-state index contributed by atoms with van der Waals surface area (Å²) in [7, 11) is 0. The molecule has 2 aliphatic rings. The molecule has 4 nitrogen and oxygen atoms in total. The van der Waals surface area contributed by atoms with Crippen LogP contribution in [-0.2, 0) is 16.0 Å². The van der Waals surface area contributed by atoms with Crippen molar-refractivity contribution >= 4 is 40.0 Å². The highest BCUT2D eigenvalue weighted by Gasteiger charge is 2.40. The molecule has 0 amide bonds. The van der Waals surface area contributed by atoms with Crippen molar-refractivity contribution in [2.75, 3.05) is 15.9 Å². The van der Waals surface area contributed by atoms with E-state index in [1.807, 2.05) is 18.2 Å². The van der Waals surface area contributed by atoms with Crippen LogP contribution in [0.1, 0.15) is 29.3 Å². The quantitative estimate of drug-likeness (QED) is 0.347. The first-order valence-electron chi connectivity index (χ1n) is 6.77. The average Bonchev–Trinajstić information content (AvgIpc) is 3.00. The Morgan fingerprint density at radius 1 is 1.50 bits per heavy atom. The van der Waals surface area contributed by atoms with E-state index < -0.39 is 0 Å². The minimum atomic E-state index is -0.167. The van der Waals surface area contributed by atoms with Crippen LogP contribution in [0.2, 0.25) is 0 Å². The van der Waals surface area contributed by atoms with Crippen LogP contribution in [0.15, 0.2) is 18.2 Å². The Hall–Kier alpha value is -1.11.